The Bertz CT molecular complexity index is 165. The first-order valence-corrected chi connectivity index (χ1v) is 5.06. The van der Waals surface area contributed by atoms with Crippen LogP contribution in [0.1, 0.15) is 26.7 Å². The molecule has 1 aliphatic heterocycles. The Kier molecular flexibility index (Phi) is 3.68. The summed E-state index contributed by atoms with van der Waals surface area (Å²) in [6, 6.07) is 0. The summed E-state index contributed by atoms with van der Waals surface area (Å²) in [5.74, 6) is 0. The number of halogens is 1. The van der Waals surface area contributed by atoms with Gasteiger partial charge in [0.25, 0.3) is 0 Å². The number of nitrogens with zero attached hydrogens (tertiary/aromatic N) is 1. The molecule has 1 heterocycles. The van der Waals surface area contributed by atoms with Crippen LogP contribution in [0.3, 0.4) is 0 Å². The van der Waals surface area contributed by atoms with Gasteiger partial charge in [-0.25, -0.2) is 4.39 Å². The molecule has 1 saturated heterocycles. The van der Waals surface area contributed by atoms with Gasteiger partial charge in [0.1, 0.15) is 6.67 Å². The van der Waals surface area contributed by atoms with Gasteiger partial charge in [0.15, 0.2) is 0 Å². The van der Waals surface area contributed by atoms with E-state index in [1.165, 1.54) is 6.42 Å². The Balaban J connectivity index is 2.33. The fraction of sp³-hybridized carbons (Fsp3) is 1.00. The molecule has 2 nitrogen and oxygen atoms in total. The molecule has 2 atom stereocenters. The van der Waals surface area contributed by atoms with Crippen molar-refractivity contribution in [1.29, 1.82) is 0 Å². The molecule has 3 heteroatoms. The van der Waals surface area contributed by atoms with Crippen molar-refractivity contribution in [3.8, 4) is 0 Å². The van der Waals surface area contributed by atoms with Gasteiger partial charge in [-0.2, -0.15) is 0 Å². The van der Waals surface area contributed by atoms with Crippen LogP contribution in [0.4, 0.5) is 4.39 Å². The maximum atomic E-state index is 12.0. The van der Waals surface area contributed by atoms with E-state index in [0.717, 1.165) is 19.5 Å². The largest absolute Gasteiger partial charge is 0.389 e. The summed E-state index contributed by atoms with van der Waals surface area (Å²) in [4.78, 5) is 2.16. The smallest absolute Gasteiger partial charge is 0.117 e. The average Bonchev–Trinajstić information content (AvgIpc) is 2.48. The summed E-state index contributed by atoms with van der Waals surface area (Å²) in [6.45, 7) is 6.32. The zero-order valence-electron chi connectivity index (χ0n) is 8.59. The van der Waals surface area contributed by atoms with Crippen molar-refractivity contribution in [3.63, 3.8) is 0 Å². The Hall–Kier alpha value is -0.150. The maximum absolute atomic E-state index is 12.0. The molecule has 78 valence electrons. The maximum Gasteiger partial charge on any atom is 0.117 e. The number of hydrogen-bond acceptors (Lipinski definition) is 2. The first-order chi connectivity index (χ1) is 6.09. The highest BCUT2D eigenvalue weighted by molar-refractivity contribution is 4.85. The second kappa shape index (κ2) is 4.38. The minimum absolute atomic E-state index is 0.385. The minimum atomic E-state index is -0.792. The topological polar surface area (TPSA) is 23.5 Å². The van der Waals surface area contributed by atoms with E-state index in [9.17, 15) is 4.39 Å². The third-order valence-electron chi connectivity index (χ3n) is 3.14. The van der Waals surface area contributed by atoms with E-state index >= 15 is 0 Å². The lowest BCUT2D eigenvalue weighted by Crippen LogP contribution is -2.33. The van der Waals surface area contributed by atoms with Crippen LogP contribution in [0.2, 0.25) is 0 Å². The summed E-state index contributed by atoms with van der Waals surface area (Å²) >= 11 is 0. The van der Waals surface area contributed by atoms with Crippen molar-refractivity contribution >= 4 is 0 Å². The number of rotatable bonds is 4. The highest BCUT2D eigenvalue weighted by atomic mass is 19.1. The molecule has 13 heavy (non-hydrogen) atoms. The summed E-state index contributed by atoms with van der Waals surface area (Å²) < 4.78 is 12.0. The molecule has 1 fully saturated rings. The molecule has 0 bridgehead atoms. The van der Waals surface area contributed by atoms with Gasteiger partial charge in [-0.15, -0.1) is 0 Å². The Morgan fingerprint density at radius 2 is 2.31 bits per heavy atom. The molecule has 1 rings (SSSR count). The van der Waals surface area contributed by atoms with E-state index in [1.54, 1.807) is 0 Å². The molecule has 1 aliphatic rings. The van der Waals surface area contributed by atoms with Crippen molar-refractivity contribution < 1.29 is 9.50 Å². The predicted molar refractivity (Wildman–Crippen MR) is 51.4 cm³/mol. The normalized spacial score (nSPS) is 32.3. The fourth-order valence-electron chi connectivity index (χ4n) is 1.92. The molecule has 0 aromatic heterocycles. The standard InChI is InChI=1S/C10H20FNO/c1-3-10(2)4-5-12(8-10)7-9(13)6-11/h9,13H,3-8H2,1-2H3. The van der Waals surface area contributed by atoms with Gasteiger partial charge in [-0.3, -0.25) is 0 Å². The van der Waals surface area contributed by atoms with E-state index in [4.69, 9.17) is 5.11 Å². The van der Waals surface area contributed by atoms with Crippen molar-refractivity contribution in [1.82, 2.24) is 4.90 Å². The van der Waals surface area contributed by atoms with Crippen LogP contribution in [0.5, 0.6) is 0 Å². The summed E-state index contributed by atoms with van der Waals surface area (Å²) in [5.41, 5.74) is 0.385. The van der Waals surface area contributed by atoms with Crippen molar-refractivity contribution in [2.75, 3.05) is 26.3 Å². The highest BCUT2D eigenvalue weighted by Crippen LogP contribution is 2.32. The molecule has 0 radical (unpaired) electrons. The van der Waals surface area contributed by atoms with E-state index in [0.29, 0.717) is 12.0 Å². The van der Waals surface area contributed by atoms with Crippen LogP contribution in [0, 0.1) is 5.41 Å². The molecule has 0 aromatic carbocycles. The van der Waals surface area contributed by atoms with E-state index in [-0.39, 0.29) is 0 Å². The predicted octanol–water partition coefficient (Wildman–Crippen LogP) is 1.44. The molecule has 0 saturated carbocycles. The summed E-state index contributed by atoms with van der Waals surface area (Å²) in [5, 5.41) is 9.14. The van der Waals surface area contributed by atoms with Crippen molar-refractivity contribution in [2.45, 2.75) is 32.8 Å². The molecular formula is C10H20FNO. The second-order valence-electron chi connectivity index (χ2n) is 4.46. The third kappa shape index (κ3) is 2.92. The Morgan fingerprint density at radius 1 is 1.62 bits per heavy atom. The monoisotopic (exact) mass is 189 g/mol. The minimum Gasteiger partial charge on any atom is -0.389 e. The Morgan fingerprint density at radius 3 is 2.77 bits per heavy atom. The van der Waals surface area contributed by atoms with E-state index in [1.807, 2.05) is 0 Å². The van der Waals surface area contributed by atoms with Crippen molar-refractivity contribution in [2.24, 2.45) is 5.41 Å². The number of β-amino-alcohol motifs (C(OH)–C–C–N with tert-alkyl or cyclic N) is 1. The zero-order chi connectivity index (χ0) is 9.90. The highest BCUT2D eigenvalue weighted by Gasteiger charge is 2.32. The Labute approximate surface area is 79.7 Å². The van der Waals surface area contributed by atoms with Crippen LogP contribution in [-0.2, 0) is 0 Å². The van der Waals surface area contributed by atoms with Crippen LogP contribution >= 0.6 is 0 Å². The quantitative estimate of drug-likeness (QED) is 0.723. The van der Waals surface area contributed by atoms with E-state index < -0.39 is 12.8 Å². The molecule has 0 aromatic rings. The van der Waals surface area contributed by atoms with Gasteiger partial charge in [-0.1, -0.05) is 13.8 Å². The SMILES string of the molecule is CCC1(C)CCN(CC(O)CF)C1. The van der Waals surface area contributed by atoms with Gasteiger partial charge in [0.2, 0.25) is 0 Å². The summed E-state index contributed by atoms with van der Waals surface area (Å²) in [7, 11) is 0. The molecule has 0 amide bonds. The van der Waals surface area contributed by atoms with Crippen LogP contribution in [-0.4, -0.2) is 42.4 Å². The van der Waals surface area contributed by atoms with Crippen LogP contribution < -0.4 is 0 Å². The molecule has 0 spiro atoms. The molecule has 1 N–H and O–H groups in total. The van der Waals surface area contributed by atoms with Crippen molar-refractivity contribution in [3.05, 3.63) is 0 Å². The number of hydrogen-bond donors (Lipinski definition) is 1. The lowest BCUT2D eigenvalue weighted by Gasteiger charge is -2.23. The van der Waals surface area contributed by atoms with Gasteiger partial charge < -0.3 is 10.0 Å². The number of aliphatic hydroxyl groups excluding tert-OH is 1. The zero-order valence-corrected chi connectivity index (χ0v) is 8.59. The molecular weight excluding hydrogens is 169 g/mol. The number of alkyl halides is 1. The van der Waals surface area contributed by atoms with Gasteiger partial charge >= 0.3 is 0 Å². The molecule has 2 unspecified atom stereocenters. The average molecular weight is 189 g/mol. The number of aliphatic hydroxyl groups is 1. The first-order valence-electron chi connectivity index (χ1n) is 5.06. The van der Waals surface area contributed by atoms with Crippen LogP contribution in [0.25, 0.3) is 0 Å². The van der Waals surface area contributed by atoms with Gasteiger partial charge in [-0.05, 0) is 24.8 Å². The first kappa shape index (κ1) is 10.9. The fourth-order valence-corrected chi connectivity index (χ4v) is 1.92. The lowest BCUT2D eigenvalue weighted by atomic mass is 9.87. The summed E-state index contributed by atoms with van der Waals surface area (Å²) in [6.07, 6.45) is 1.54. The van der Waals surface area contributed by atoms with Gasteiger partial charge in [0.05, 0.1) is 6.10 Å². The second-order valence-corrected chi connectivity index (χ2v) is 4.46. The third-order valence-corrected chi connectivity index (χ3v) is 3.14. The molecule has 0 aliphatic carbocycles. The van der Waals surface area contributed by atoms with Gasteiger partial charge in [0, 0.05) is 13.1 Å². The number of likely N-dealkylation sites (tertiary alicyclic amines) is 1. The lowest BCUT2D eigenvalue weighted by molar-refractivity contribution is 0.0947. The van der Waals surface area contributed by atoms with Crippen LogP contribution in [0.15, 0.2) is 0 Å². The van der Waals surface area contributed by atoms with E-state index in [2.05, 4.69) is 18.7 Å².